The molecule has 0 aliphatic carbocycles. The van der Waals surface area contributed by atoms with E-state index in [0.29, 0.717) is 21.1 Å². The van der Waals surface area contributed by atoms with Crippen molar-refractivity contribution in [3.8, 4) is 0 Å². The molecule has 1 aliphatic heterocycles. The van der Waals surface area contributed by atoms with E-state index in [1.54, 1.807) is 6.07 Å². The zero-order valence-electron chi connectivity index (χ0n) is 10.5. The number of rotatable bonds is 3. The predicted octanol–water partition coefficient (Wildman–Crippen LogP) is 3.76. The Hall–Kier alpha value is -0.320. The van der Waals surface area contributed by atoms with Crippen LogP contribution in [-0.4, -0.2) is 35.6 Å². The molecule has 0 radical (unpaired) electrons. The van der Waals surface area contributed by atoms with E-state index in [0.717, 1.165) is 31.2 Å². The lowest BCUT2D eigenvalue weighted by molar-refractivity contribution is 0.771. The molecule has 0 aromatic carbocycles. The van der Waals surface area contributed by atoms with Crippen LogP contribution in [0.4, 0.5) is 11.6 Å². The zero-order valence-corrected chi connectivity index (χ0v) is 12.9. The van der Waals surface area contributed by atoms with Gasteiger partial charge in [-0.15, -0.1) is 0 Å². The Morgan fingerprint density at radius 1 is 1.50 bits per heavy atom. The number of pyridine rings is 1. The summed E-state index contributed by atoms with van der Waals surface area (Å²) in [6.45, 7) is 7.00. The smallest absolute Gasteiger partial charge is 0.150 e. The molecule has 6 heteroatoms. The molecule has 0 saturated carbocycles. The Kier molecular flexibility index (Phi) is 4.87. The first kappa shape index (κ1) is 14.1. The van der Waals surface area contributed by atoms with Gasteiger partial charge in [0.15, 0.2) is 0 Å². The Morgan fingerprint density at radius 2 is 2.28 bits per heavy atom. The lowest BCUT2D eigenvalue weighted by atomic mass is 10.3. The molecule has 1 aromatic heterocycles. The summed E-state index contributed by atoms with van der Waals surface area (Å²) < 4.78 is 0. The second-order valence-corrected chi connectivity index (χ2v) is 6.64. The van der Waals surface area contributed by atoms with Gasteiger partial charge >= 0.3 is 0 Å². The van der Waals surface area contributed by atoms with Crippen molar-refractivity contribution in [3.05, 3.63) is 16.1 Å². The molecule has 2 heterocycles. The Morgan fingerprint density at radius 3 is 2.94 bits per heavy atom. The summed E-state index contributed by atoms with van der Waals surface area (Å²) in [7, 11) is 0. The van der Waals surface area contributed by atoms with E-state index in [9.17, 15) is 0 Å². The predicted molar refractivity (Wildman–Crippen MR) is 82.6 cm³/mol. The average molecular weight is 306 g/mol. The molecule has 1 aromatic rings. The van der Waals surface area contributed by atoms with Crippen molar-refractivity contribution < 1.29 is 0 Å². The normalized spacial score (nSPS) is 20.0. The molecule has 1 N–H and O–H groups in total. The minimum absolute atomic E-state index is 0.574. The summed E-state index contributed by atoms with van der Waals surface area (Å²) in [5.74, 6) is 2.66. The minimum Gasteiger partial charge on any atom is -0.369 e. The molecule has 1 fully saturated rings. The zero-order chi connectivity index (χ0) is 13.1. The van der Waals surface area contributed by atoms with Crippen LogP contribution in [0.1, 0.15) is 13.8 Å². The quantitative estimate of drug-likeness (QED) is 0.920. The van der Waals surface area contributed by atoms with Crippen molar-refractivity contribution in [2.75, 3.05) is 35.6 Å². The van der Waals surface area contributed by atoms with Crippen LogP contribution in [0.15, 0.2) is 6.07 Å². The maximum absolute atomic E-state index is 6.26. The summed E-state index contributed by atoms with van der Waals surface area (Å²) in [5, 5.41) is 4.97. The highest BCUT2D eigenvalue weighted by molar-refractivity contribution is 8.00. The highest BCUT2D eigenvalue weighted by Crippen LogP contribution is 2.33. The van der Waals surface area contributed by atoms with E-state index in [4.69, 9.17) is 23.2 Å². The van der Waals surface area contributed by atoms with Crippen LogP contribution in [0.5, 0.6) is 0 Å². The number of thioether (sulfide) groups is 1. The summed E-state index contributed by atoms with van der Waals surface area (Å²) in [6, 6.07) is 1.77. The van der Waals surface area contributed by atoms with Crippen molar-refractivity contribution in [3.63, 3.8) is 0 Å². The van der Waals surface area contributed by atoms with Crippen LogP contribution >= 0.6 is 35.0 Å². The second kappa shape index (κ2) is 6.22. The Bertz CT molecular complexity index is 428. The average Bonchev–Trinajstić information content (AvgIpc) is 2.33. The summed E-state index contributed by atoms with van der Waals surface area (Å²) in [4.78, 5) is 6.80. The molecule has 3 nitrogen and oxygen atoms in total. The van der Waals surface area contributed by atoms with E-state index in [1.165, 1.54) is 0 Å². The van der Waals surface area contributed by atoms with Gasteiger partial charge in [-0.2, -0.15) is 11.8 Å². The summed E-state index contributed by atoms with van der Waals surface area (Å²) >= 11 is 14.4. The highest BCUT2D eigenvalue weighted by Gasteiger charge is 2.21. The van der Waals surface area contributed by atoms with Gasteiger partial charge in [0.25, 0.3) is 0 Å². The van der Waals surface area contributed by atoms with Crippen molar-refractivity contribution in [2.24, 2.45) is 0 Å². The van der Waals surface area contributed by atoms with Crippen molar-refractivity contribution >= 4 is 46.6 Å². The Labute approximate surface area is 122 Å². The van der Waals surface area contributed by atoms with E-state index in [2.05, 4.69) is 22.1 Å². The first-order valence-electron chi connectivity index (χ1n) is 6.08. The van der Waals surface area contributed by atoms with Gasteiger partial charge in [-0.25, -0.2) is 4.98 Å². The number of nitrogens with one attached hydrogen (secondary N) is 1. The molecular formula is C12H17Cl2N3S. The van der Waals surface area contributed by atoms with Crippen molar-refractivity contribution in [2.45, 2.75) is 19.1 Å². The number of anilines is 2. The van der Waals surface area contributed by atoms with Gasteiger partial charge in [0.05, 0.1) is 10.0 Å². The first-order chi connectivity index (χ1) is 8.61. The van der Waals surface area contributed by atoms with Crippen LogP contribution < -0.4 is 10.2 Å². The summed E-state index contributed by atoms with van der Waals surface area (Å²) in [6.07, 6.45) is 0. The van der Waals surface area contributed by atoms with Gasteiger partial charge in [-0.3, -0.25) is 0 Å². The van der Waals surface area contributed by atoms with Crippen LogP contribution in [0.3, 0.4) is 0 Å². The van der Waals surface area contributed by atoms with Crippen LogP contribution in [0, 0.1) is 0 Å². The highest BCUT2D eigenvalue weighted by atomic mass is 35.5. The molecule has 1 atom stereocenters. The molecule has 1 aliphatic rings. The molecule has 100 valence electrons. The van der Waals surface area contributed by atoms with Gasteiger partial charge in [0, 0.05) is 30.6 Å². The van der Waals surface area contributed by atoms with Crippen LogP contribution in [0.2, 0.25) is 10.0 Å². The molecule has 2 rings (SSSR count). The van der Waals surface area contributed by atoms with Gasteiger partial charge in [0.1, 0.15) is 11.6 Å². The number of nitrogens with zero attached hydrogens (tertiary/aromatic N) is 2. The SMILES string of the molecule is CCNc1nc(N2CCSC(C)C2)c(Cl)cc1Cl. The molecule has 0 spiro atoms. The summed E-state index contributed by atoms with van der Waals surface area (Å²) in [5.41, 5.74) is 0. The van der Waals surface area contributed by atoms with Crippen LogP contribution in [-0.2, 0) is 0 Å². The Balaban J connectivity index is 2.28. The molecule has 18 heavy (non-hydrogen) atoms. The minimum atomic E-state index is 0.574. The number of aromatic nitrogens is 1. The molecular weight excluding hydrogens is 289 g/mol. The number of hydrogen-bond acceptors (Lipinski definition) is 4. The lowest BCUT2D eigenvalue weighted by Gasteiger charge is -2.32. The fourth-order valence-corrected chi connectivity index (χ4v) is 3.54. The van der Waals surface area contributed by atoms with Gasteiger partial charge in [-0.05, 0) is 13.0 Å². The molecule has 0 amide bonds. The third kappa shape index (κ3) is 3.16. The monoisotopic (exact) mass is 305 g/mol. The third-order valence-electron chi connectivity index (χ3n) is 2.80. The van der Waals surface area contributed by atoms with Gasteiger partial charge < -0.3 is 10.2 Å². The fraction of sp³-hybridized carbons (Fsp3) is 0.583. The number of hydrogen-bond donors (Lipinski definition) is 1. The third-order valence-corrected chi connectivity index (χ3v) is 4.50. The van der Waals surface area contributed by atoms with E-state index < -0.39 is 0 Å². The van der Waals surface area contributed by atoms with Crippen molar-refractivity contribution in [1.82, 2.24) is 4.98 Å². The van der Waals surface area contributed by atoms with Crippen LogP contribution in [0.25, 0.3) is 0 Å². The number of halogens is 2. The van der Waals surface area contributed by atoms with Crippen molar-refractivity contribution in [1.29, 1.82) is 0 Å². The van der Waals surface area contributed by atoms with E-state index in [-0.39, 0.29) is 0 Å². The maximum Gasteiger partial charge on any atom is 0.150 e. The fourth-order valence-electron chi connectivity index (χ4n) is 1.98. The van der Waals surface area contributed by atoms with E-state index >= 15 is 0 Å². The van der Waals surface area contributed by atoms with Gasteiger partial charge in [0.2, 0.25) is 0 Å². The van der Waals surface area contributed by atoms with E-state index in [1.807, 2.05) is 18.7 Å². The first-order valence-corrected chi connectivity index (χ1v) is 7.88. The second-order valence-electron chi connectivity index (χ2n) is 4.28. The topological polar surface area (TPSA) is 28.2 Å². The standard InChI is InChI=1S/C12H17Cl2N3S/c1-3-15-11-9(13)6-10(14)12(16-11)17-4-5-18-8(2)7-17/h6,8H,3-5,7H2,1-2H3,(H,15,16). The van der Waals surface area contributed by atoms with Gasteiger partial charge in [-0.1, -0.05) is 30.1 Å². The molecule has 1 unspecified atom stereocenters. The maximum atomic E-state index is 6.26. The molecule has 0 bridgehead atoms. The molecule has 1 saturated heterocycles. The largest absolute Gasteiger partial charge is 0.369 e. The lowest BCUT2D eigenvalue weighted by Crippen LogP contribution is -2.37.